The highest BCUT2D eigenvalue weighted by atomic mass is 16.5. The second-order valence-electron chi connectivity index (χ2n) is 5.61. The van der Waals surface area contributed by atoms with Crippen molar-refractivity contribution in [3.63, 3.8) is 0 Å². The van der Waals surface area contributed by atoms with Crippen molar-refractivity contribution in [2.75, 3.05) is 20.2 Å². The maximum absolute atomic E-state index is 5.57. The summed E-state index contributed by atoms with van der Waals surface area (Å²) in [6.07, 6.45) is 4.21. The summed E-state index contributed by atoms with van der Waals surface area (Å²) in [7, 11) is 1.84. The zero-order valence-corrected chi connectivity index (χ0v) is 11.0. The number of likely N-dealkylation sites (tertiary alicyclic amines) is 1. The number of rotatable bonds is 4. The maximum Gasteiger partial charge on any atom is 0.0646 e. The fourth-order valence-electron chi connectivity index (χ4n) is 2.79. The Labute approximate surface area is 95.0 Å². The van der Waals surface area contributed by atoms with Crippen molar-refractivity contribution in [3.05, 3.63) is 0 Å². The van der Waals surface area contributed by atoms with Gasteiger partial charge in [0.15, 0.2) is 0 Å². The lowest BCUT2D eigenvalue weighted by Gasteiger charge is -2.45. The molecule has 0 aromatic carbocycles. The first-order valence-corrected chi connectivity index (χ1v) is 6.28. The quantitative estimate of drug-likeness (QED) is 0.712. The number of methoxy groups -OCH3 is 1. The third-order valence-electron chi connectivity index (χ3n) is 3.78. The van der Waals surface area contributed by atoms with E-state index in [0.29, 0.717) is 11.5 Å². The van der Waals surface area contributed by atoms with Crippen molar-refractivity contribution in [2.45, 2.75) is 59.1 Å². The molecule has 0 amide bonds. The van der Waals surface area contributed by atoms with Gasteiger partial charge in [0, 0.05) is 31.7 Å². The minimum absolute atomic E-state index is 0.301. The van der Waals surface area contributed by atoms with E-state index in [1.807, 2.05) is 7.11 Å². The summed E-state index contributed by atoms with van der Waals surface area (Å²) in [4.78, 5) is 2.62. The van der Waals surface area contributed by atoms with Gasteiger partial charge in [-0.3, -0.25) is 4.90 Å². The summed E-state index contributed by atoms with van der Waals surface area (Å²) in [6.45, 7) is 11.6. The minimum Gasteiger partial charge on any atom is -0.381 e. The highest BCUT2D eigenvalue weighted by molar-refractivity contribution is 4.89. The molecule has 2 nitrogen and oxygen atoms in total. The largest absolute Gasteiger partial charge is 0.381 e. The molecule has 0 N–H and O–H groups in total. The molecule has 0 spiro atoms. The molecule has 1 aliphatic heterocycles. The van der Waals surface area contributed by atoms with Crippen molar-refractivity contribution in [1.29, 1.82) is 0 Å². The molecular formula is C13H27NO. The second kappa shape index (κ2) is 5.31. The summed E-state index contributed by atoms with van der Waals surface area (Å²) < 4.78 is 5.57. The predicted molar refractivity (Wildman–Crippen MR) is 65.1 cm³/mol. The zero-order valence-electron chi connectivity index (χ0n) is 11.0. The van der Waals surface area contributed by atoms with Crippen LogP contribution in [0, 0.1) is 5.41 Å². The molecule has 1 fully saturated rings. The molecule has 1 aliphatic rings. The van der Waals surface area contributed by atoms with E-state index in [1.54, 1.807) is 0 Å². The van der Waals surface area contributed by atoms with Crippen molar-refractivity contribution < 1.29 is 4.74 Å². The van der Waals surface area contributed by atoms with Gasteiger partial charge in [-0.25, -0.2) is 0 Å². The normalized spacial score (nSPS) is 29.0. The Morgan fingerprint density at radius 1 is 1.47 bits per heavy atom. The van der Waals surface area contributed by atoms with Gasteiger partial charge >= 0.3 is 0 Å². The van der Waals surface area contributed by atoms with Gasteiger partial charge in [0.25, 0.3) is 0 Å². The molecule has 0 aromatic rings. The summed E-state index contributed by atoms with van der Waals surface area (Å²) in [5.74, 6) is 0. The molecule has 2 heteroatoms. The summed E-state index contributed by atoms with van der Waals surface area (Å²) in [5, 5.41) is 0. The average molecular weight is 213 g/mol. The molecule has 90 valence electrons. The Morgan fingerprint density at radius 2 is 2.13 bits per heavy atom. The number of ether oxygens (including phenoxy) is 1. The molecule has 0 aliphatic carbocycles. The van der Waals surface area contributed by atoms with E-state index in [4.69, 9.17) is 4.74 Å². The zero-order chi connectivity index (χ0) is 11.5. The van der Waals surface area contributed by atoms with Crippen LogP contribution in [0.25, 0.3) is 0 Å². The van der Waals surface area contributed by atoms with Crippen LogP contribution in [0.1, 0.15) is 47.0 Å². The van der Waals surface area contributed by atoms with Crippen molar-refractivity contribution in [2.24, 2.45) is 5.41 Å². The van der Waals surface area contributed by atoms with Crippen molar-refractivity contribution in [3.8, 4) is 0 Å². The Balaban J connectivity index is 2.53. The van der Waals surface area contributed by atoms with E-state index in [9.17, 15) is 0 Å². The predicted octanol–water partition coefficient (Wildman–Crippen LogP) is 2.92. The second-order valence-corrected chi connectivity index (χ2v) is 5.61. The van der Waals surface area contributed by atoms with Crippen LogP contribution in [-0.4, -0.2) is 37.2 Å². The van der Waals surface area contributed by atoms with Crippen LogP contribution in [0.4, 0.5) is 0 Å². The summed E-state index contributed by atoms with van der Waals surface area (Å²) >= 11 is 0. The van der Waals surface area contributed by atoms with Crippen molar-refractivity contribution >= 4 is 0 Å². The van der Waals surface area contributed by atoms with Gasteiger partial charge in [-0.2, -0.15) is 0 Å². The van der Waals surface area contributed by atoms with Gasteiger partial charge < -0.3 is 4.74 Å². The van der Waals surface area contributed by atoms with E-state index in [0.717, 1.165) is 6.04 Å². The fraction of sp³-hybridized carbons (Fsp3) is 1.00. The van der Waals surface area contributed by atoms with Gasteiger partial charge in [0.2, 0.25) is 0 Å². The lowest BCUT2D eigenvalue weighted by Crippen LogP contribution is -2.52. The first kappa shape index (κ1) is 13.0. The third-order valence-corrected chi connectivity index (χ3v) is 3.78. The van der Waals surface area contributed by atoms with Crippen LogP contribution in [0.2, 0.25) is 0 Å². The van der Waals surface area contributed by atoms with Crippen LogP contribution < -0.4 is 0 Å². The highest BCUT2D eigenvalue weighted by Gasteiger charge is 2.36. The van der Waals surface area contributed by atoms with E-state index in [1.165, 1.54) is 32.4 Å². The Bertz CT molecular complexity index is 191. The standard InChI is InChI=1S/C13H27NO/c1-6-7-11(2)14-9-8-12(15-5)13(3,4)10-14/h11-12H,6-10H2,1-5H3. The molecule has 2 atom stereocenters. The lowest BCUT2D eigenvalue weighted by atomic mass is 9.80. The van der Waals surface area contributed by atoms with Gasteiger partial charge in [-0.15, -0.1) is 0 Å². The summed E-state index contributed by atoms with van der Waals surface area (Å²) in [5.41, 5.74) is 0.301. The molecule has 15 heavy (non-hydrogen) atoms. The van der Waals surface area contributed by atoms with Crippen LogP contribution in [-0.2, 0) is 4.74 Å². The van der Waals surface area contributed by atoms with Crippen LogP contribution in [0.5, 0.6) is 0 Å². The van der Waals surface area contributed by atoms with Gasteiger partial charge in [-0.05, 0) is 19.8 Å². The van der Waals surface area contributed by atoms with E-state index in [-0.39, 0.29) is 0 Å². The molecule has 0 saturated carbocycles. The number of hydrogen-bond donors (Lipinski definition) is 0. The van der Waals surface area contributed by atoms with Crippen LogP contribution in [0.15, 0.2) is 0 Å². The first-order valence-electron chi connectivity index (χ1n) is 6.28. The smallest absolute Gasteiger partial charge is 0.0646 e. The maximum atomic E-state index is 5.57. The third kappa shape index (κ3) is 3.18. The molecule has 1 saturated heterocycles. The van der Waals surface area contributed by atoms with E-state index >= 15 is 0 Å². The highest BCUT2D eigenvalue weighted by Crippen LogP contribution is 2.32. The molecule has 0 aromatic heterocycles. The average Bonchev–Trinajstić information content (AvgIpc) is 2.16. The topological polar surface area (TPSA) is 12.5 Å². The molecule has 0 radical (unpaired) electrons. The number of hydrogen-bond acceptors (Lipinski definition) is 2. The monoisotopic (exact) mass is 213 g/mol. The van der Waals surface area contributed by atoms with Crippen molar-refractivity contribution in [1.82, 2.24) is 4.90 Å². The van der Waals surface area contributed by atoms with Gasteiger partial charge in [-0.1, -0.05) is 27.2 Å². The lowest BCUT2D eigenvalue weighted by molar-refractivity contribution is -0.0606. The van der Waals surface area contributed by atoms with Crippen LogP contribution in [0.3, 0.4) is 0 Å². The number of nitrogens with zero attached hydrogens (tertiary/aromatic N) is 1. The Hall–Kier alpha value is -0.0800. The van der Waals surface area contributed by atoms with Gasteiger partial charge in [0.05, 0.1) is 6.10 Å². The first-order chi connectivity index (χ1) is 7.01. The summed E-state index contributed by atoms with van der Waals surface area (Å²) in [6, 6.07) is 0.729. The molecule has 1 heterocycles. The van der Waals surface area contributed by atoms with Gasteiger partial charge in [0.1, 0.15) is 0 Å². The number of piperidine rings is 1. The molecule has 2 unspecified atom stereocenters. The van der Waals surface area contributed by atoms with E-state index < -0.39 is 0 Å². The SMILES string of the molecule is CCCC(C)N1CCC(OC)C(C)(C)C1. The van der Waals surface area contributed by atoms with Crippen LogP contribution >= 0.6 is 0 Å². The Kier molecular flexibility index (Phi) is 4.60. The molecule has 1 rings (SSSR count). The van der Waals surface area contributed by atoms with E-state index in [2.05, 4.69) is 32.6 Å². The fourth-order valence-corrected chi connectivity index (χ4v) is 2.79. The molecular weight excluding hydrogens is 186 g/mol. The molecule has 0 bridgehead atoms. The Morgan fingerprint density at radius 3 is 2.60 bits per heavy atom. The minimum atomic E-state index is 0.301.